The maximum atomic E-state index is 12.3. The van der Waals surface area contributed by atoms with Gasteiger partial charge in [-0.15, -0.1) is 0 Å². The monoisotopic (exact) mass is 273 g/mol. The normalized spacial score (nSPS) is 10.3. The average molecular weight is 273 g/mol. The Morgan fingerprint density at radius 3 is 2.75 bits per heavy atom. The number of pyridine rings is 1. The molecule has 0 aliphatic rings. The van der Waals surface area contributed by atoms with E-state index >= 15 is 0 Å². The standard InChI is InChI=1S/C14H19N5O/c1-4-11-8-10(9-12(17-11)15-5-2)14(20)18-13-6-7-16-19(13)3/h6-9H,4-5H2,1-3H3,(H,15,17)(H,18,20). The van der Waals surface area contributed by atoms with Crippen LogP contribution in [0.3, 0.4) is 0 Å². The summed E-state index contributed by atoms with van der Waals surface area (Å²) in [6.07, 6.45) is 2.43. The minimum atomic E-state index is -0.162. The average Bonchev–Trinajstić information content (AvgIpc) is 2.84. The lowest BCUT2D eigenvalue weighted by molar-refractivity contribution is 0.102. The second kappa shape index (κ2) is 6.18. The molecule has 2 heterocycles. The van der Waals surface area contributed by atoms with Gasteiger partial charge in [0.2, 0.25) is 0 Å². The van der Waals surface area contributed by atoms with Crippen LogP contribution in [0.2, 0.25) is 0 Å². The van der Waals surface area contributed by atoms with E-state index in [2.05, 4.69) is 20.7 Å². The lowest BCUT2D eigenvalue weighted by Crippen LogP contribution is -2.16. The Hall–Kier alpha value is -2.37. The lowest BCUT2D eigenvalue weighted by atomic mass is 10.2. The molecule has 0 radical (unpaired) electrons. The summed E-state index contributed by atoms with van der Waals surface area (Å²) >= 11 is 0. The Bertz CT molecular complexity index is 605. The number of aromatic nitrogens is 3. The number of aryl methyl sites for hydroxylation is 2. The molecule has 0 atom stereocenters. The van der Waals surface area contributed by atoms with Gasteiger partial charge in [0.1, 0.15) is 11.6 Å². The molecule has 0 aliphatic carbocycles. The molecule has 2 rings (SSSR count). The highest BCUT2D eigenvalue weighted by molar-refractivity contribution is 6.04. The molecule has 0 fully saturated rings. The van der Waals surface area contributed by atoms with E-state index in [1.165, 1.54) is 0 Å². The van der Waals surface area contributed by atoms with Crippen molar-refractivity contribution in [1.82, 2.24) is 14.8 Å². The summed E-state index contributed by atoms with van der Waals surface area (Å²) in [6.45, 7) is 4.78. The van der Waals surface area contributed by atoms with Gasteiger partial charge in [-0.25, -0.2) is 4.98 Å². The van der Waals surface area contributed by atoms with E-state index in [1.54, 1.807) is 30.1 Å². The number of carbonyl (C=O) groups excluding carboxylic acids is 1. The van der Waals surface area contributed by atoms with E-state index in [1.807, 2.05) is 19.9 Å². The molecular formula is C14H19N5O. The predicted molar refractivity (Wildman–Crippen MR) is 78.9 cm³/mol. The Kier molecular flexibility index (Phi) is 4.34. The Balaban J connectivity index is 2.24. The van der Waals surface area contributed by atoms with Crippen molar-refractivity contribution in [3.05, 3.63) is 35.7 Å². The molecule has 0 aromatic carbocycles. The van der Waals surface area contributed by atoms with Gasteiger partial charge in [-0.1, -0.05) is 6.92 Å². The first-order valence-corrected chi connectivity index (χ1v) is 6.68. The first-order valence-electron chi connectivity index (χ1n) is 6.68. The van der Waals surface area contributed by atoms with E-state index < -0.39 is 0 Å². The van der Waals surface area contributed by atoms with E-state index in [0.717, 1.165) is 24.5 Å². The van der Waals surface area contributed by atoms with Gasteiger partial charge in [-0.05, 0) is 25.5 Å². The first kappa shape index (κ1) is 14.0. The third kappa shape index (κ3) is 3.14. The van der Waals surface area contributed by atoms with Crippen LogP contribution >= 0.6 is 0 Å². The Morgan fingerprint density at radius 2 is 2.15 bits per heavy atom. The molecule has 0 saturated carbocycles. The predicted octanol–water partition coefficient (Wildman–Crippen LogP) is 2.06. The maximum absolute atomic E-state index is 12.3. The van der Waals surface area contributed by atoms with Crippen molar-refractivity contribution in [3.8, 4) is 0 Å². The zero-order chi connectivity index (χ0) is 14.5. The molecule has 20 heavy (non-hydrogen) atoms. The van der Waals surface area contributed by atoms with Crippen LogP contribution < -0.4 is 10.6 Å². The fourth-order valence-corrected chi connectivity index (χ4v) is 1.86. The van der Waals surface area contributed by atoms with Gasteiger partial charge >= 0.3 is 0 Å². The summed E-state index contributed by atoms with van der Waals surface area (Å²) < 4.78 is 1.62. The summed E-state index contributed by atoms with van der Waals surface area (Å²) in [5, 5.41) is 9.99. The van der Waals surface area contributed by atoms with Crippen LogP contribution in [-0.4, -0.2) is 27.2 Å². The molecule has 0 aliphatic heterocycles. The van der Waals surface area contributed by atoms with Gasteiger partial charge in [-0.2, -0.15) is 5.10 Å². The minimum absolute atomic E-state index is 0.162. The van der Waals surface area contributed by atoms with Crippen LogP contribution in [0.25, 0.3) is 0 Å². The summed E-state index contributed by atoms with van der Waals surface area (Å²) in [5.74, 6) is 1.22. The summed E-state index contributed by atoms with van der Waals surface area (Å²) in [6, 6.07) is 5.33. The van der Waals surface area contributed by atoms with Crippen molar-refractivity contribution in [3.63, 3.8) is 0 Å². The van der Waals surface area contributed by atoms with Crippen LogP contribution in [0.15, 0.2) is 24.4 Å². The number of rotatable bonds is 5. The van der Waals surface area contributed by atoms with Gasteiger partial charge in [0.05, 0.1) is 6.20 Å². The highest BCUT2D eigenvalue weighted by Crippen LogP contribution is 2.13. The van der Waals surface area contributed by atoms with Gasteiger partial charge in [0.25, 0.3) is 5.91 Å². The Labute approximate surface area is 118 Å². The quantitative estimate of drug-likeness (QED) is 0.874. The molecule has 0 unspecified atom stereocenters. The topological polar surface area (TPSA) is 71.8 Å². The van der Waals surface area contributed by atoms with E-state index in [4.69, 9.17) is 0 Å². The number of nitrogens with one attached hydrogen (secondary N) is 2. The molecule has 2 N–H and O–H groups in total. The zero-order valence-electron chi connectivity index (χ0n) is 12.0. The molecule has 6 nitrogen and oxygen atoms in total. The SMILES string of the molecule is CCNc1cc(C(=O)Nc2ccnn2C)cc(CC)n1. The van der Waals surface area contributed by atoms with Crippen LogP contribution in [0.1, 0.15) is 29.9 Å². The van der Waals surface area contributed by atoms with Crippen LogP contribution in [0, 0.1) is 0 Å². The van der Waals surface area contributed by atoms with Gasteiger partial charge in [0, 0.05) is 30.9 Å². The van der Waals surface area contributed by atoms with Crippen molar-refractivity contribution >= 4 is 17.5 Å². The number of hydrogen-bond donors (Lipinski definition) is 2. The molecule has 1 amide bonds. The second-order valence-electron chi connectivity index (χ2n) is 4.41. The van der Waals surface area contributed by atoms with Crippen LogP contribution in [0.4, 0.5) is 11.6 Å². The molecule has 0 spiro atoms. The molecule has 106 valence electrons. The fourth-order valence-electron chi connectivity index (χ4n) is 1.86. The van der Waals surface area contributed by atoms with Crippen molar-refractivity contribution < 1.29 is 4.79 Å². The molecule has 2 aromatic heterocycles. The zero-order valence-corrected chi connectivity index (χ0v) is 12.0. The van der Waals surface area contributed by atoms with Crippen LogP contribution in [0.5, 0.6) is 0 Å². The van der Waals surface area contributed by atoms with Crippen LogP contribution in [-0.2, 0) is 13.5 Å². The minimum Gasteiger partial charge on any atom is -0.370 e. The van der Waals surface area contributed by atoms with E-state index in [-0.39, 0.29) is 5.91 Å². The van der Waals surface area contributed by atoms with Gasteiger partial charge < -0.3 is 10.6 Å². The largest absolute Gasteiger partial charge is 0.370 e. The number of nitrogens with zero attached hydrogens (tertiary/aromatic N) is 3. The number of carbonyl (C=O) groups is 1. The molecule has 2 aromatic rings. The summed E-state index contributed by atoms with van der Waals surface area (Å²) in [7, 11) is 1.78. The molecule has 0 bridgehead atoms. The highest BCUT2D eigenvalue weighted by Gasteiger charge is 2.11. The lowest BCUT2D eigenvalue weighted by Gasteiger charge is -2.09. The van der Waals surface area contributed by atoms with Gasteiger partial charge in [0.15, 0.2) is 0 Å². The summed E-state index contributed by atoms with van der Waals surface area (Å²) in [5.41, 5.74) is 1.48. The highest BCUT2D eigenvalue weighted by atomic mass is 16.1. The third-order valence-corrected chi connectivity index (χ3v) is 2.92. The van der Waals surface area contributed by atoms with Crippen molar-refractivity contribution in [2.45, 2.75) is 20.3 Å². The maximum Gasteiger partial charge on any atom is 0.257 e. The Morgan fingerprint density at radius 1 is 1.35 bits per heavy atom. The second-order valence-corrected chi connectivity index (χ2v) is 4.41. The molecule has 0 saturated heterocycles. The smallest absolute Gasteiger partial charge is 0.257 e. The molecular weight excluding hydrogens is 254 g/mol. The van der Waals surface area contributed by atoms with Crippen molar-refractivity contribution in [1.29, 1.82) is 0 Å². The third-order valence-electron chi connectivity index (χ3n) is 2.92. The number of anilines is 2. The summed E-state index contributed by atoms with van der Waals surface area (Å²) in [4.78, 5) is 16.7. The molecule has 6 heteroatoms. The van der Waals surface area contributed by atoms with Gasteiger partial charge in [-0.3, -0.25) is 9.48 Å². The number of amides is 1. The van der Waals surface area contributed by atoms with Crippen molar-refractivity contribution in [2.24, 2.45) is 7.05 Å². The number of hydrogen-bond acceptors (Lipinski definition) is 4. The van der Waals surface area contributed by atoms with E-state index in [9.17, 15) is 4.79 Å². The van der Waals surface area contributed by atoms with Crippen molar-refractivity contribution in [2.75, 3.05) is 17.2 Å². The first-order chi connectivity index (χ1) is 9.63. The fraction of sp³-hybridized carbons (Fsp3) is 0.357. The van der Waals surface area contributed by atoms with E-state index in [0.29, 0.717) is 11.4 Å².